The zero-order valence-electron chi connectivity index (χ0n) is 11.5. The van der Waals surface area contributed by atoms with E-state index in [1.165, 1.54) is 19.3 Å². The molecule has 0 aromatic carbocycles. The Balaban J connectivity index is 1.74. The monoisotopic (exact) mass is 238 g/mol. The number of piperidine rings is 1. The van der Waals surface area contributed by atoms with Crippen molar-refractivity contribution in [3.63, 3.8) is 0 Å². The van der Waals surface area contributed by atoms with Gasteiger partial charge in [-0.1, -0.05) is 13.8 Å². The van der Waals surface area contributed by atoms with Gasteiger partial charge in [0.05, 0.1) is 0 Å². The molecule has 2 rings (SSSR count). The van der Waals surface area contributed by atoms with Gasteiger partial charge in [-0.25, -0.2) is 0 Å². The second-order valence-corrected chi connectivity index (χ2v) is 6.55. The van der Waals surface area contributed by atoms with Crippen LogP contribution >= 0.6 is 0 Å². The Morgan fingerprint density at radius 3 is 2.29 bits per heavy atom. The van der Waals surface area contributed by atoms with Gasteiger partial charge in [0.15, 0.2) is 0 Å². The molecule has 1 aliphatic heterocycles. The molecule has 1 aliphatic carbocycles. The lowest BCUT2D eigenvalue weighted by Gasteiger charge is -2.33. The van der Waals surface area contributed by atoms with Crippen LogP contribution in [0.3, 0.4) is 0 Å². The Labute approximate surface area is 105 Å². The average molecular weight is 238 g/mol. The van der Waals surface area contributed by atoms with Crippen molar-refractivity contribution in [1.82, 2.24) is 10.2 Å². The fraction of sp³-hybridized carbons (Fsp3) is 0.929. The van der Waals surface area contributed by atoms with Gasteiger partial charge in [0.1, 0.15) is 0 Å². The van der Waals surface area contributed by atoms with Crippen LogP contribution in [0.2, 0.25) is 0 Å². The highest BCUT2D eigenvalue weighted by molar-refractivity contribution is 5.73. The molecule has 1 unspecified atom stereocenters. The van der Waals surface area contributed by atoms with Crippen LogP contribution in [0.25, 0.3) is 0 Å². The molecule has 2 aliphatic rings. The third kappa shape index (κ3) is 3.44. The van der Waals surface area contributed by atoms with Crippen molar-refractivity contribution in [2.75, 3.05) is 13.1 Å². The molecule has 0 spiro atoms. The summed E-state index contributed by atoms with van der Waals surface area (Å²) in [5.41, 5.74) is 0.526. The molecule has 0 aromatic heterocycles. The average Bonchev–Trinajstić information content (AvgIpc) is 2.59. The zero-order chi connectivity index (χ0) is 12.5. The molecule has 1 heterocycles. The van der Waals surface area contributed by atoms with Crippen LogP contribution in [0, 0.1) is 5.41 Å². The predicted octanol–water partition coefficient (Wildman–Crippen LogP) is 2.17. The number of carbonyl (C=O) groups excluding carboxylic acids is 1. The van der Waals surface area contributed by atoms with E-state index < -0.39 is 0 Å². The first-order valence-electron chi connectivity index (χ1n) is 6.98. The number of rotatable bonds is 2. The summed E-state index contributed by atoms with van der Waals surface area (Å²) in [4.78, 5) is 13.2. The van der Waals surface area contributed by atoms with E-state index in [4.69, 9.17) is 0 Å². The molecule has 1 N–H and O–H groups in total. The van der Waals surface area contributed by atoms with E-state index in [0.29, 0.717) is 17.5 Å². The van der Waals surface area contributed by atoms with Crippen LogP contribution in [0.4, 0.5) is 0 Å². The standard InChI is InChI=1S/C14H26N2O/c1-11(17)16-8-5-12(6-9-16)15-13-4-7-14(2,3)10-13/h12-13,15H,4-10H2,1-3H3. The highest BCUT2D eigenvalue weighted by atomic mass is 16.2. The van der Waals surface area contributed by atoms with Crippen LogP contribution in [0.5, 0.6) is 0 Å². The summed E-state index contributed by atoms with van der Waals surface area (Å²) >= 11 is 0. The van der Waals surface area contributed by atoms with Crippen LogP contribution < -0.4 is 5.32 Å². The number of nitrogens with zero attached hydrogens (tertiary/aromatic N) is 1. The molecule has 0 bridgehead atoms. The molecule has 0 aromatic rings. The smallest absolute Gasteiger partial charge is 0.219 e. The largest absolute Gasteiger partial charge is 0.343 e. The van der Waals surface area contributed by atoms with E-state index in [-0.39, 0.29) is 5.91 Å². The van der Waals surface area contributed by atoms with Gasteiger partial charge in [-0.2, -0.15) is 0 Å². The number of nitrogens with one attached hydrogen (secondary N) is 1. The zero-order valence-corrected chi connectivity index (χ0v) is 11.5. The summed E-state index contributed by atoms with van der Waals surface area (Å²) < 4.78 is 0. The van der Waals surface area contributed by atoms with Gasteiger partial charge in [0.2, 0.25) is 5.91 Å². The van der Waals surface area contributed by atoms with Gasteiger partial charge in [0, 0.05) is 32.1 Å². The van der Waals surface area contributed by atoms with Crippen molar-refractivity contribution in [2.24, 2.45) is 5.41 Å². The Morgan fingerprint density at radius 2 is 1.82 bits per heavy atom. The Kier molecular flexibility index (Phi) is 3.76. The molecule has 0 radical (unpaired) electrons. The van der Waals surface area contributed by atoms with E-state index in [0.717, 1.165) is 25.9 Å². The van der Waals surface area contributed by atoms with Gasteiger partial charge < -0.3 is 10.2 Å². The molecule has 1 saturated heterocycles. The normalized spacial score (nSPS) is 29.6. The van der Waals surface area contributed by atoms with E-state index in [9.17, 15) is 4.79 Å². The SMILES string of the molecule is CC(=O)N1CCC(NC2CCC(C)(C)C2)CC1. The minimum atomic E-state index is 0.227. The maximum absolute atomic E-state index is 11.2. The minimum absolute atomic E-state index is 0.227. The summed E-state index contributed by atoms with van der Waals surface area (Å²) in [7, 11) is 0. The summed E-state index contributed by atoms with van der Waals surface area (Å²) in [6.45, 7) is 8.28. The van der Waals surface area contributed by atoms with Crippen molar-refractivity contribution >= 4 is 5.91 Å². The summed E-state index contributed by atoms with van der Waals surface area (Å²) in [5, 5.41) is 3.79. The first-order chi connectivity index (χ1) is 7.96. The molecule has 17 heavy (non-hydrogen) atoms. The maximum atomic E-state index is 11.2. The number of likely N-dealkylation sites (tertiary alicyclic amines) is 1. The van der Waals surface area contributed by atoms with Gasteiger partial charge in [-0.3, -0.25) is 4.79 Å². The number of hydrogen-bond donors (Lipinski definition) is 1. The van der Waals surface area contributed by atoms with Crippen LogP contribution in [-0.4, -0.2) is 36.0 Å². The quantitative estimate of drug-likeness (QED) is 0.799. The molecular weight excluding hydrogens is 212 g/mol. The van der Waals surface area contributed by atoms with Crippen molar-refractivity contribution in [1.29, 1.82) is 0 Å². The first-order valence-corrected chi connectivity index (χ1v) is 6.98. The molecule has 3 nitrogen and oxygen atoms in total. The van der Waals surface area contributed by atoms with Crippen molar-refractivity contribution in [3.8, 4) is 0 Å². The van der Waals surface area contributed by atoms with Gasteiger partial charge >= 0.3 is 0 Å². The van der Waals surface area contributed by atoms with Crippen molar-refractivity contribution in [3.05, 3.63) is 0 Å². The maximum Gasteiger partial charge on any atom is 0.219 e. The number of amides is 1. The third-order valence-corrected chi connectivity index (χ3v) is 4.38. The molecule has 1 atom stereocenters. The van der Waals surface area contributed by atoms with Crippen molar-refractivity contribution < 1.29 is 4.79 Å². The van der Waals surface area contributed by atoms with Gasteiger partial charge in [-0.15, -0.1) is 0 Å². The minimum Gasteiger partial charge on any atom is -0.343 e. The second kappa shape index (κ2) is 4.97. The lowest BCUT2D eigenvalue weighted by atomic mass is 9.91. The first kappa shape index (κ1) is 12.9. The summed E-state index contributed by atoms with van der Waals surface area (Å²) in [5.74, 6) is 0.227. The van der Waals surface area contributed by atoms with E-state index >= 15 is 0 Å². The van der Waals surface area contributed by atoms with Gasteiger partial charge in [0.25, 0.3) is 0 Å². The number of hydrogen-bond acceptors (Lipinski definition) is 2. The molecular formula is C14H26N2O. The van der Waals surface area contributed by atoms with Crippen LogP contribution in [-0.2, 0) is 4.79 Å². The molecule has 3 heteroatoms. The van der Waals surface area contributed by atoms with E-state index in [2.05, 4.69) is 19.2 Å². The fourth-order valence-corrected chi connectivity index (χ4v) is 3.27. The fourth-order valence-electron chi connectivity index (χ4n) is 3.27. The summed E-state index contributed by atoms with van der Waals surface area (Å²) in [6, 6.07) is 1.34. The second-order valence-electron chi connectivity index (χ2n) is 6.55. The molecule has 1 saturated carbocycles. The Morgan fingerprint density at radius 1 is 1.18 bits per heavy atom. The topological polar surface area (TPSA) is 32.3 Å². The molecule has 2 fully saturated rings. The van der Waals surface area contributed by atoms with E-state index in [1.807, 2.05) is 4.90 Å². The highest BCUT2D eigenvalue weighted by Gasteiger charge is 2.32. The predicted molar refractivity (Wildman–Crippen MR) is 69.8 cm³/mol. The lowest BCUT2D eigenvalue weighted by Crippen LogP contribution is -2.46. The molecule has 98 valence electrons. The number of carbonyl (C=O) groups is 1. The highest BCUT2D eigenvalue weighted by Crippen LogP contribution is 2.37. The Hall–Kier alpha value is -0.570. The molecule has 1 amide bonds. The van der Waals surface area contributed by atoms with Gasteiger partial charge in [-0.05, 0) is 37.5 Å². The van der Waals surface area contributed by atoms with E-state index in [1.54, 1.807) is 6.92 Å². The van der Waals surface area contributed by atoms with Crippen LogP contribution in [0.15, 0.2) is 0 Å². The lowest BCUT2D eigenvalue weighted by molar-refractivity contribution is -0.129. The van der Waals surface area contributed by atoms with Crippen molar-refractivity contribution in [2.45, 2.75) is 65.0 Å². The summed E-state index contributed by atoms with van der Waals surface area (Å²) in [6.07, 6.45) is 6.21. The van der Waals surface area contributed by atoms with Crippen LogP contribution in [0.1, 0.15) is 52.9 Å². The Bertz CT molecular complexity index is 280. The third-order valence-electron chi connectivity index (χ3n) is 4.38.